The molecule has 0 unspecified atom stereocenters. The molecule has 5 nitrogen and oxygen atoms in total. The van der Waals surface area contributed by atoms with Gasteiger partial charge in [-0.15, -0.1) is 11.3 Å². The van der Waals surface area contributed by atoms with Crippen molar-refractivity contribution in [3.8, 4) is 22.8 Å². The third kappa shape index (κ3) is 5.12. The van der Waals surface area contributed by atoms with Crippen molar-refractivity contribution in [3.63, 3.8) is 0 Å². The number of thiazole rings is 1. The number of methoxy groups -OCH3 is 2. The molecule has 3 aromatic rings. The molecule has 0 bridgehead atoms. The van der Waals surface area contributed by atoms with Crippen LogP contribution in [-0.2, 0) is 11.2 Å². The van der Waals surface area contributed by atoms with Crippen LogP contribution in [0.2, 0.25) is 0 Å². The summed E-state index contributed by atoms with van der Waals surface area (Å²) in [7, 11) is 3.18. The minimum Gasteiger partial charge on any atom is -0.493 e. The van der Waals surface area contributed by atoms with Gasteiger partial charge < -0.3 is 14.8 Å². The second-order valence-corrected chi connectivity index (χ2v) is 8.52. The molecule has 3 rings (SSSR count). The first kappa shape index (κ1) is 20.8. The Hall–Kier alpha value is -1.90. The molecule has 0 aliphatic heterocycles. The molecule has 0 aliphatic carbocycles. The molecule has 1 heterocycles. The highest BCUT2D eigenvalue weighted by atomic mass is 79.9. The number of anilines is 1. The van der Waals surface area contributed by atoms with Gasteiger partial charge in [0.2, 0.25) is 5.91 Å². The van der Waals surface area contributed by atoms with E-state index in [4.69, 9.17) is 9.47 Å². The predicted molar refractivity (Wildman–Crippen MR) is 119 cm³/mol. The number of aryl methyl sites for hydroxylation is 1. The average molecular weight is 526 g/mol. The zero-order valence-corrected chi connectivity index (χ0v) is 19.3. The van der Waals surface area contributed by atoms with Crippen LogP contribution >= 0.6 is 43.2 Å². The van der Waals surface area contributed by atoms with Crippen LogP contribution in [0.4, 0.5) is 5.13 Å². The molecular formula is C20H18Br2N2O3S. The van der Waals surface area contributed by atoms with E-state index in [1.54, 1.807) is 14.2 Å². The normalized spacial score (nSPS) is 10.6. The van der Waals surface area contributed by atoms with E-state index in [1.165, 1.54) is 11.3 Å². The van der Waals surface area contributed by atoms with Gasteiger partial charge in [-0.1, -0.05) is 44.0 Å². The molecule has 28 heavy (non-hydrogen) atoms. The number of aromatic nitrogens is 1. The van der Waals surface area contributed by atoms with E-state index in [9.17, 15) is 4.79 Å². The van der Waals surface area contributed by atoms with Gasteiger partial charge in [0, 0.05) is 26.3 Å². The zero-order chi connectivity index (χ0) is 20.1. The predicted octanol–water partition coefficient (Wildman–Crippen LogP) is 5.92. The van der Waals surface area contributed by atoms with Crippen molar-refractivity contribution in [1.29, 1.82) is 0 Å². The van der Waals surface area contributed by atoms with Crippen LogP contribution in [0.1, 0.15) is 12.0 Å². The Morgan fingerprint density at radius 2 is 1.79 bits per heavy atom. The van der Waals surface area contributed by atoms with E-state index in [0.717, 1.165) is 25.8 Å². The largest absolute Gasteiger partial charge is 0.493 e. The van der Waals surface area contributed by atoms with Crippen LogP contribution in [0.15, 0.2) is 50.7 Å². The topological polar surface area (TPSA) is 60.5 Å². The van der Waals surface area contributed by atoms with Crippen molar-refractivity contribution in [2.24, 2.45) is 0 Å². The molecule has 0 radical (unpaired) electrons. The number of nitrogens with zero attached hydrogens (tertiary/aromatic N) is 1. The van der Waals surface area contributed by atoms with Crippen molar-refractivity contribution >= 4 is 54.2 Å². The number of hydrogen-bond donors (Lipinski definition) is 1. The van der Waals surface area contributed by atoms with Gasteiger partial charge in [0.1, 0.15) is 0 Å². The molecule has 0 saturated heterocycles. The lowest BCUT2D eigenvalue weighted by atomic mass is 10.1. The molecule has 8 heteroatoms. The van der Waals surface area contributed by atoms with Gasteiger partial charge in [-0.25, -0.2) is 4.98 Å². The lowest BCUT2D eigenvalue weighted by molar-refractivity contribution is -0.116. The highest BCUT2D eigenvalue weighted by Gasteiger charge is 2.12. The van der Waals surface area contributed by atoms with Gasteiger partial charge in [-0.05, 0) is 36.2 Å². The van der Waals surface area contributed by atoms with E-state index < -0.39 is 0 Å². The summed E-state index contributed by atoms with van der Waals surface area (Å²) < 4.78 is 12.5. The van der Waals surface area contributed by atoms with Crippen molar-refractivity contribution in [2.75, 3.05) is 19.5 Å². The SMILES string of the molecule is COc1cc(Br)c(CCC(=O)Nc2nc(-c3ccc(Br)cc3)cs2)cc1OC. The number of carbonyl (C=O) groups is 1. The van der Waals surface area contributed by atoms with Crippen molar-refractivity contribution in [3.05, 3.63) is 56.3 Å². The maximum Gasteiger partial charge on any atom is 0.226 e. The van der Waals surface area contributed by atoms with E-state index in [0.29, 0.717) is 29.5 Å². The van der Waals surface area contributed by atoms with Gasteiger partial charge >= 0.3 is 0 Å². The van der Waals surface area contributed by atoms with Crippen LogP contribution < -0.4 is 14.8 Å². The number of carbonyl (C=O) groups excluding carboxylic acids is 1. The van der Waals surface area contributed by atoms with Crippen LogP contribution in [0.3, 0.4) is 0 Å². The molecule has 1 N–H and O–H groups in total. The zero-order valence-electron chi connectivity index (χ0n) is 15.3. The number of rotatable bonds is 7. The summed E-state index contributed by atoms with van der Waals surface area (Å²) in [6.07, 6.45) is 0.902. The number of hydrogen-bond acceptors (Lipinski definition) is 5. The van der Waals surface area contributed by atoms with E-state index >= 15 is 0 Å². The Balaban J connectivity index is 1.61. The third-order valence-electron chi connectivity index (χ3n) is 4.06. The van der Waals surface area contributed by atoms with Crippen molar-refractivity contribution < 1.29 is 14.3 Å². The van der Waals surface area contributed by atoms with Gasteiger partial charge in [0.25, 0.3) is 0 Å². The molecule has 0 atom stereocenters. The molecule has 1 amide bonds. The van der Waals surface area contributed by atoms with Crippen LogP contribution in [0.5, 0.6) is 11.5 Å². The fraction of sp³-hybridized carbons (Fsp3) is 0.200. The fourth-order valence-corrected chi connectivity index (χ4v) is 4.12. The summed E-state index contributed by atoms with van der Waals surface area (Å²) in [5, 5.41) is 5.40. The third-order valence-corrected chi connectivity index (χ3v) is 6.09. The Bertz CT molecular complexity index is 974. The van der Waals surface area contributed by atoms with Gasteiger partial charge in [0.15, 0.2) is 16.6 Å². The molecule has 1 aromatic heterocycles. The number of amides is 1. The first-order valence-corrected chi connectivity index (χ1v) is 10.9. The minimum absolute atomic E-state index is 0.0848. The fourth-order valence-electron chi connectivity index (χ4n) is 2.60. The first-order valence-electron chi connectivity index (χ1n) is 8.42. The monoisotopic (exact) mass is 524 g/mol. The molecule has 146 valence electrons. The Kier molecular flexibility index (Phi) is 7.09. The summed E-state index contributed by atoms with van der Waals surface area (Å²) in [6.45, 7) is 0. The summed E-state index contributed by atoms with van der Waals surface area (Å²) in [5.41, 5.74) is 2.83. The maximum atomic E-state index is 12.3. The van der Waals surface area contributed by atoms with Crippen LogP contribution in [-0.4, -0.2) is 25.1 Å². The highest BCUT2D eigenvalue weighted by Crippen LogP contribution is 2.34. The Morgan fingerprint density at radius 3 is 2.46 bits per heavy atom. The van der Waals surface area contributed by atoms with Gasteiger partial charge in [0.05, 0.1) is 19.9 Å². The first-order chi connectivity index (χ1) is 13.5. The Labute approximate surface area is 184 Å². The van der Waals surface area contributed by atoms with Crippen LogP contribution in [0, 0.1) is 0 Å². The number of benzene rings is 2. The van der Waals surface area contributed by atoms with E-state index in [-0.39, 0.29) is 5.91 Å². The maximum absolute atomic E-state index is 12.3. The molecule has 0 saturated carbocycles. The number of nitrogens with one attached hydrogen (secondary N) is 1. The lowest BCUT2D eigenvalue weighted by Gasteiger charge is -2.11. The summed E-state index contributed by atoms with van der Waals surface area (Å²) in [5.74, 6) is 1.20. The molecule has 0 fully saturated rings. The molecule has 0 aliphatic rings. The van der Waals surface area contributed by atoms with Crippen molar-refractivity contribution in [2.45, 2.75) is 12.8 Å². The van der Waals surface area contributed by atoms with Gasteiger partial charge in [-0.2, -0.15) is 0 Å². The lowest BCUT2D eigenvalue weighted by Crippen LogP contribution is -2.12. The summed E-state index contributed by atoms with van der Waals surface area (Å²) in [4.78, 5) is 16.8. The standard InChI is InChI=1S/C20H18Br2N2O3S/c1-26-17-9-13(15(22)10-18(17)27-2)5-8-19(25)24-20-23-16(11-28-20)12-3-6-14(21)7-4-12/h3-4,6-7,9-11H,5,8H2,1-2H3,(H,23,24,25). The van der Waals surface area contributed by atoms with E-state index in [1.807, 2.05) is 41.8 Å². The van der Waals surface area contributed by atoms with E-state index in [2.05, 4.69) is 42.2 Å². The molecule has 2 aromatic carbocycles. The quantitative estimate of drug-likeness (QED) is 0.415. The number of halogens is 2. The number of ether oxygens (including phenoxy) is 2. The molecule has 0 spiro atoms. The van der Waals surface area contributed by atoms with Crippen molar-refractivity contribution in [1.82, 2.24) is 4.98 Å². The average Bonchev–Trinajstić information content (AvgIpc) is 3.15. The highest BCUT2D eigenvalue weighted by molar-refractivity contribution is 9.10. The second kappa shape index (κ2) is 9.54. The smallest absolute Gasteiger partial charge is 0.226 e. The van der Waals surface area contributed by atoms with Crippen LogP contribution in [0.25, 0.3) is 11.3 Å². The Morgan fingerprint density at radius 1 is 1.11 bits per heavy atom. The molecular weight excluding hydrogens is 508 g/mol. The second-order valence-electron chi connectivity index (χ2n) is 5.89. The summed E-state index contributed by atoms with van der Waals surface area (Å²) >= 11 is 8.36. The minimum atomic E-state index is -0.0848. The van der Waals surface area contributed by atoms with Gasteiger partial charge in [-0.3, -0.25) is 4.79 Å². The summed E-state index contributed by atoms with van der Waals surface area (Å²) in [6, 6.07) is 11.6.